The second kappa shape index (κ2) is 6.98. The summed E-state index contributed by atoms with van der Waals surface area (Å²) in [6.45, 7) is 0. The van der Waals surface area contributed by atoms with Crippen molar-refractivity contribution < 1.29 is 14.0 Å². The lowest BCUT2D eigenvalue weighted by Gasteiger charge is -2.13. The van der Waals surface area contributed by atoms with E-state index in [1.165, 1.54) is 35.2 Å². The first kappa shape index (κ1) is 17.2. The molecule has 0 saturated heterocycles. The van der Waals surface area contributed by atoms with Crippen molar-refractivity contribution in [3.8, 4) is 0 Å². The molecule has 0 aliphatic heterocycles. The molecule has 2 aromatic carbocycles. The summed E-state index contributed by atoms with van der Waals surface area (Å²) in [6.07, 6.45) is 0. The Kier molecular flexibility index (Phi) is 5.23. The van der Waals surface area contributed by atoms with Crippen LogP contribution in [0.1, 0.15) is 20.7 Å². The van der Waals surface area contributed by atoms with Crippen molar-refractivity contribution in [1.29, 1.82) is 0 Å². The lowest BCUT2D eigenvalue weighted by atomic mass is 10.1. The first-order chi connectivity index (χ1) is 10.8. The Balaban J connectivity index is 2.26. The molecule has 2 rings (SSSR count). The lowest BCUT2D eigenvalue weighted by molar-refractivity contribution is 0.0827. The van der Waals surface area contributed by atoms with Gasteiger partial charge in [0.15, 0.2) is 0 Å². The number of hydrogen-bond donors (Lipinski definition) is 1. The van der Waals surface area contributed by atoms with E-state index in [4.69, 9.17) is 23.2 Å². The molecule has 0 saturated carbocycles. The maximum atomic E-state index is 13.7. The molecule has 0 aliphatic carbocycles. The average molecular weight is 355 g/mol. The predicted octanol–water partition coefficient (Wildman–Crippen LogP) is 4.09. The second-order valence-corrected chi connectivity index (χ2v) is 5.76. The fourth-order valence-corrected chi connectivity index (χ4v) is 2.43. The number of carbonyl (C=O) groups is 2. The molecule has 2 amide bonds. The van der Waals surface area contributed by atoms with Gasteiger partial charge in [-0.25, -0.2) is 4.39 Å². The van der Waals surface area contributed by atoms with E-state index in [-0.39, 0.29) is 21.5 Å². The molecule has 7 heteroatoms. The van der Waals surface area contributed by atoms with Gasteiger partial charge in [0.25, 0.3) is 11.8 Å². The Bertz CT molecular complexity index is 758. The van der Waals surface area contributed by atoms with E-state index >= 15 is 0 Å². The molecule has 120 valence electrons. The van der Waals surface area contributed by atoms with Gasteiger partial charge in [0.1, 0.15) is 5.82 Å². The number of halogens is 3. The van der Waals surface area contributed by atoms with Crippen LogP contribution in [0.2, 0.25) is 10.0 Å². The molecule has 1 N–H and O–H groups in total. The molecule has 0 heterocycles. The number of benzene rings is 2. The van der Waals surface area contributed by atoms with Crippen LogP contribution in [0.3, 0.4) is 0 Å². The molecule has 0 radical (unpaired) electrons. The van der Waals surface area contributed by atoms with Crippen LogP contribution in [-0.4, -0.2) is 30.8 Å². The topological polar surface area (TPSA) is 49.4 Å². The minimum atomic E-state index is -0.722. The summed E-state index contributed by atoms with van der Waals surface area (Å²) >= 11 is 11.9. The Morgan fingerprint density at radius 1 is 1.09 bits per heavy atom. The molecule has 23 heavy (non-hydrogen) atoms. The molecule has 0 spiro atoms. The van der Waals surface area contributed by atoms with Gasteiger partial charge >= 0.3 is 0 Å². The summed E-state index contributed by atoms with van der Waals surface area (Å²) in [6, 6.07) is 8.40. The zero-order valence-electron chi connectivity index (χ0n) is 12.4. The first-order valence-electron chi connectivity index (χ1n) is 6.58. The van der Waals surface area contributed by atoms with Gasteiger partial charge in [-0.05, 0) is 30.3 Å². The Morgan fingerprint density at radius 2 is 1.78 bits per heavy atom. The Morgan fingerprint density at radius 3 is 2.35 bits per heavy atom. The van der Waals surface area contributed by atoms with E-state index in [1.807, 2.05) is 0 Å². The van der Waals surface area contributed by atoms with Crippen molar-refractivity contribution in [1.82, 2.24) is 4.90 Å². The predicted molar refractivity (Wildman–Crippen MR) is 88.8 cm³/mol. The molecular weight excluding hydrogens is 342 g/mol. The van der Waals surface area contributed by atoms with Crippen LogP contribution in [0, 0.1) is 5.82 Å². The third-order valence-electron chi connectivity index (χ3n) is 3.05. The van der Waals surface area contributed by atoms with Gasteiger partial charge < -0.3 is 10.2 Å². The monoisotopic (exact) mass is 354 g/mol. The van der Waals surface area contributed by atoms with E-state index in [2.05, 4.69) is 5.32 Å². The average Bonchev–Trinajstić information content (AvgIpc) is 2.46. The fourth-order valence-electron chi connectivity index (χ4n) is 1.92. The standard InChI is InChI=1S/C16H13Cl2FN2O2/c1-21(2)16(23)10-7-6-9(8-12(10)18)20-15(22)14-11(17)4-3-5-13(14)19/h3-8H,1-2H3,(H,20,22). The van der Waals surface area contributed by atoms with Crippen molar-refractivity contribution >= 4 is 40.7 Å². The molecule has 0 bridgehead atoms. The van der Waals surface area contributed by atoms with Crippen LogP contribution in [-0.2, 0) is 0 Å². The van der Waals surface area contributed by atoms with Crippen LogP contribution < -0.4 is 5.32 Å². The van der Waals surface area contributed by atoms with E-state index < -0.39 is 11.7 Å². The summed E-state index contributed by atoms with van der Waals surface area (Å²) < 4.78 is 13.7. The smallest absolute Gasteiger partial charge is 0.260 e. The van der Waals surface area contributed by atoms with E-state index in [1.54, 1.807) is 14.1 Å². The van der Waals surface area contributed by atoms with E-state index in [0.29, 0.717) is 11.3 Å². The summed E-state index contributed by atoms with van der Waals surface area (Å²) in [5.41, 5.74) is 0.381. The number of nitrogens with one attached hydrogen (secondary N) is 1. The summed E-state index contributed by atoms with van der Waals surface area (Å²) in [7, 11) is 3.21. The van der Waals surface area contributed by atoms with Crippen LogP contribution in [0.25, 0.3) is 0 Å². The van der Waals surface area contributed by atoms with Crippen LogP contribution in [0.5, 0.6) is 0 Å². The largest absolute Gasteiger partial charge is 0.345 e. The zero-order valence-corrected chi connectivity index (χ0v) is 13.9. The summed E-state index contributed by atoms with van der Waals surface area (Å²) in [4.78, 5) is 25.4. The fraction of sp³-hybridized carbons (Fsp3) is 0.125. The van der Waals surface area contributed by atoms with E-state index in [0.717, 1.165) is 6.07 Å². The van der Waals surface area contributed by atoms with Crippen molar-refractivity contribution in [2.45, 2.75) is 0 Å². The summed E-state index contributed by atoms with van der Waals surface area (Å²) in [5, 5.41) is 2.69. The normalized spacial score (nSPS) is 10.3. The van der Waals surface area contributed by atoms with Crippen LogP contribution >= 0.6 is 23.2 Å². The van der Waals surface area contributed by atoms with Gasteiger partial charge in [-0.2, -0.15) is 0 Å². The van der Waals surface area contributed by atoms with E-state index in [9.17, 15) is 14.0 Å². The van der Waals surface area contributed by atoms with Gasteiger partial charge in [0.2, 0.25) is 0 Å². The molecule has 0 fully saturated rings. The highest BCUT2D eigenvalue weighted by atomic mass is 35.5. The molecule has 0 unspecified atom stereocenters. The number of amides is 2. The van der Waals surface area contributed by atoms with Crippen molar-refractivity contribution in [3.05, 3.63) is 63.4 Å². The number of hydrogen-bond acceptors (Lipinski definition) is 2. The number of nitrogens with zero attached hydrogens (tertiary/aromatic N) is 1. The third kappa shape index (κ3) is 3.81. The molecular formula is C16H13Cl2FN2O2. The lowest BCUT2D eigenvalue weighted by Crippen LogP contribution is -2.22. The highest BCUT2D eigenvalue weighted by molar-refractivity contribution is 6.35. The molecule has 0 aromatic heterocycles. The van der Waals surface area contributed by atoms with Crippen LogP contribution in [0.4, 0.5) is 10.1 Å². The SMILES string of the molecule is CN(C)C(=O)c1ccc(NC(=O)c2c(F)cccc2Cl)cc1Cl. The van der Waals surface area contributed by atoms with Gasteiger partial charge in [-0.1, -0.05) is 29.3 Å². The maximum Gasteiger partial charge on any atom is 0.260 e. The Labute approximate surface area is 142 Å². The van der Waals surface area contributed by atoms with Gasteiger partial charge in [0, 0.05) is 19.8 Å². The Hall–Kier alpha value is -2.11. The van der Waals surface area contributed by atoms with Gasteiger partial charge in [-0.15, -0.1) is 0 Å². The zero-order chi connectivity index (χ0) is 17.1. The number of carbonyl (C=O) groups excluding carboxylic acids is 2. The third-order valence-corrected chi connectivity index (χ3v) is 3.68. The quantitative estimate of drug-likeness (QED) is 0.902. The highest BCUT2D eigenvalue weighted by Crippen LogP contribution is 2.24. The molecule has 0 aliphatic rings. The number of anilines is 1. The maximum absolute atomic E-state index is 13.7. The molecule has 0 atom stereocenters. The molecule has 2 aromatic rings. The highest BCUT2D eigenvalue weighted by Gasteiger charge is 2.17. The number of rotatable bonds is 3. The van der Waals surface area contributed by atoms with Crippen molar-refractivity contribution in [2.75, 3.05) is 19.4 Å². The first-order valence-corrected chi connectivity index (χ1v) is 7.33. The minimum absolute atomic E-state index is 0.00741. The van der Waals surface area contributed by atoms with Crippen molar-refractivity contribution in [3.63, 3.8) is 0 Å². The molecule has 4 nitrogen and oxygen atoms in total. The van der Waals surface area contributed by atoms with Gasteiger partial charge in [0.05, 0.1) is 21.2 Å². The summed E-state index contributed by atoms with van der Waals surface area (Å²) in [5.74, 6) is -1.68. The minimum Gasteiger partial charge on any atom is -0.345 e. The second-order valence-electron chi connectivity index (χ2n) is 4.94. The van der Waals surface area contributed by atoms with Crippen molar-refractivity contribution in [2.24, 2.45) is 0 Å². The van der Waals surface area contributed by atoms with Crippen LogP contribution in [0.15, 0.2) is 36.4 Å². The van der Waals surface area contributed by atoms with Gasteiger partial charge in [-0.3, -0.25) is 9.59 Å².